The Kier molecular flexibility index (Phi) is 7.26. The molecule has 1 heterocycles. The molecule has 9 aromatic rings. The number of nitrogens with zero attached hydrogens (tertiary/aromatic N) is 1. The second-order valence-electron chi connectivity index (χ2n) is 16.9. The Labute approximate surface area is 346 Å². The number of anilines is 3. The average molecular weight is 752 g/mol. The molecule has 1 aliphatic heterocycles. The van der Waals surface area contributed by atoms with Gasteiger partial charge in [0.1, 0.15) is 0 Å². The first kappa shape index (κ1) is 33.9. The summed E-state index contributed by atoms with van der Waals surface area (Å²) >= 11 is 0. The van der Waals surface area contributed by atoms with Gasteiger partial charge in [0.05, 0.1) is 16.8 Å². The van der Waals surface area contributed by atoms with E-state index in [0.717, 1.165) is 0 Å². The maximum Gasteiger partial charge on any atom is 0.0726 e. The van der Waals surface area contributed by atoms with Crippen LogP contribution in [0.4, 0.5) is 17.1 Å². The van der Waals surface area contributed by atoms with Crippen LogP contribution in [0.1, 0.15) is 47.2 Å². The molecule has 1 spiro atoms. The van der Waals surface area contributed by atoms with E-state index in [1.807, 2.05) is 0 Å². The molecule has 0 saturated carbocycles. The van der Waals surface area contributed by atoms with E-state index in [-0.39, 0.29) is 5.41 Å². The summed E-state index contributed by atoms with van der Waals surface area (Å²) in [4.78, 5) is 2.51. The molecule has 0 fully saturated rings. The minimum absolute atomic E-state index is 0.142. The zero-order chi connectivity index (χ0) is 39.3. The predicted octanol–water partition coefficient (Wildman–Crippen LogP) is 15.1. The smallest absolute Gasteiger partial charge is 0.0726 e. The van der Waals surface area contributed by atoms with Crippen LogP contribution in [-0.4, -0.2) is 0 Å². The summed E-state index contributed by atoms with van der Waals surface area (Å²) in [6.45, 7) is 4.73. The van der Waals surface area contributed by atoms with Crippen molar-refractivity contribution in [2.24, 2.45) is 0 Å². The third-order valence-electron chi connectivity index (χ3n) is 13.5. The Morgan fingerprint density at radius 1 is 0.288 bits per heavy atom. The lowest BCUT2D eigenvalue weighted by Crippen LogP contribution is -2.31. The van der Waals surface area contributed by atoms with Gasteiger partial charge in [0.2, 0.25) is 0 Å². The molecule has 0 bridgehead atoms. The highest BCUT2D eigenvalue weighted by Gasteiger charge is 2.52. The lowest BCUT2D eigenvalue weighted by atomic mass is 9.69. The predicted molar refractivity (Wildman–Crippen MR) is 246 cm³/mol. The summed E-state index contributed by atoms with van der Waals surface area (Å²) in [5.74, 6) is 0. The zero-order valence-electron chi connectivity index (χ0n) is 33.2. The summed E-state index contributed by atoms with van der Waals surface area (Å²) in [6.07, 6.45) is 0. The van der Waals surface area contributed by atoms with Gasteiger partial charge >= 0.3 is 0 Å². The summed E-state index contributed by atoms with van der Waals surface area (Å²) < 4.78 is 0. The van der Waals surface area contributed by atoms with Crippen molar-refractivity contribution >= 4 is 17.1 Å². The molecule has 9 aromatic carbocycles. The largest absolute Gasteiger partial charge is 0.310 e. The molecule has 12 rings (SSSR count). The van der Waals surface area contributed by atoms with Crippen molar-refractivity contribution in [2.75, 3.05) is 4.90 Å². The number of hydrogen-bond donors (Lipinski definition) is 0. The molecular weight excluding hydrogens is 711 g/mol. The van der Waals surface area contributed by atoms with Gasteiger partial charge in [-0.1, -0.05) is 184 Å². The van der Waals surface area contributed by atoms with E-state index in [0.29, 0.717) is 0 Å². The monoisotopic (exact) mass is 751 g/mol. The first-order valence-corrected chi connectivity index (χ1v) is 20.8. The van der Waals surface area contributed by atoms with Crippen LogP contribution in [0.2, 0.25) is 0 Å². The molecule has 0 atom stereocenters. The summed E-state index contributed by atoms with van der Waals surface area (Å²) in [5, 5.41) is 0. The number of fused-ring (bicyclic) bond motifs is 12. The SMILES string of the molecule is CC1(C)c2ccccc2N(c2ccc3c(c2)C2(c4cc(-c5ccccc5)ccc4-c4ccc(-c5ccccc5)cc42)c2cc(-c4ccccc4)ccc2-3)c2ccccc21. The van der Waals surface area contributed by atoms with Crippen molar-refractivity contribution in [3.8, 4) is 55.6 Å². The Bertz CT molecular complexity index is 2910. The van der Waals surface area contributed by atoms with E-state index < -0.39 is 5.41 Å². The van der Waals surface area contributed by atoms with Crippen molar-refractivity contribution in [2.45, 2.75) is 24.7 Å². The Morgan fingerprint density at radius 2 is 0.627 bits per heavy atom. The van der Waals surface area contributed by atoms with E-state index in [1.165, 1.54) is 106 Å². The van der Waals surface area contributed by atoms with Crippen LogP contribution in [0, 0.1) is 0 Å². The van der Waals surface area contributed by atoms with Crippen molar-refractivity contribution in [1.29, 1.82) is 0 Å². The quantitative estimate of drug-likeness (QED) is 0.173. The van der Waals surface area contributed by atoms with Crippen LogP contribution in [0.3, 0.4) is 0 Å². The molecule has 1 nitrogen and oxygen atoms in total. The van der Waals surface area contributed by atoms with Gasteiger partial charge in [-0.3, -0.25) is 0 Å². The third-order valence-corrected chi connectivity index (χ3v) is 13.5. The molecule has 0 saturated heterocycles. The highest BCUT2D eigenvalue weighted by molar-refractivity contribution is 5.99. The van der Waals surface area contributed by atoms with Crippen LogP contribution in [0.15, 0.2) is 212 Å². The number of benzene rings is 9. The fraction of sp³-hybridized carbons (Fsp3) is 0.0690. The molecule has 3 aliphatic rings. The minimum Gasteiger partial charge on any atom is -0.310 e. The number of rotatable bonds is 4. The van der Waals surface area contributed by atoms with E-state index in [9.17, 15) is 0 Å². The van der Waals surface area contributed by atoms with Crippen LogP contribution >= 0.6 is 0 Å². The maximum absolute atomic E-state index is 2.53. The highest BCUT2D eigenvalue weighted by atomic mass is 15.2. The summed E-state index contributed by atoms with van der Waals surface area (Å²) in [5.41, 5.74) is 23.4. The summed E-state index contributed by atoms with van der Waals surface area (Å²) in [7, 11) is 0. The Hall–Kier alpha value is -7.22. The van der Waals surface area contributed by atoms with Gasteiger partial charge in [-0.15, -0.1) is 0 Å². The van der Waals surface area contributed by atoms with Gasteiger partial charge in [0, 0.05) is 11.1 Å². The topological polar surface area (TPSA) is 3.24 Å². The second kappa shape index (κ2) is 12.6. The van der Waals surface area contributed by atoms with Crippen LogP contribution in [0.25, 0.3) is 55.6 Å². The highest BCUT2D eigenvalue weighted by Crippen LogP contribution is 2.65. The normalized spacial score (nSPS) is 14.5. The molecule has 1 heteroatoms. The fourth-order valence-electron chi connectivity index (χ4n) is 10.7. The number of hydrogen-bond acceptors (Lipinski definition) is 1. The molecule has 0 radical (unpaired) electrons. The van der Waals surface area contributed by atoms with Gasteiger partial charge in [0.25, 0.3) is 0 Å². The summed E-state index contributed by atoms with van der Waals surface area (Å²) in [6, 6.07) is 79.5. The van der Waals surface area contributed by atoms with Crippen molar-refractivity contribution < 1.29 is 0 Å². The second-order valence-corrected chi connectivity index (χ2v) is 16.9. The number of para-hydroxylation sites is 2. The maximum atomic E-state index is 2.53. The zero-order valence-corrected chi connectivity index (χ0v) is 33.2. The van der Waals surface area contributed by atoms with E-state index in [4.69, 9.17) is 0 Å². The van der Waals surface area contributed by atoms with Gasteiger partial charge in [-0.2, -0.15) is 0 Å². The molecule has 0 unspecified atom stereocenters. The molecule has 278 valence electrons. The Morgan fingerprint density at radius 3 is 1.03 bits per heavy atom. The molecule has 0 amide bonds. The minimum atomic E-state index is -0.584. The van der Waals surface area contributed by atoms with E-state index >= 15 is 0 Å². The molecule has 0 N–H and O–H groups in total. The van der Waals surface area contributed by atoms with Crippen molar-refractivity contribution in [1.82, 2.24) is 0 Å². The van der Waals surface area contributed by atoms with E-state index in [2.05, 4.69) is 231 Å². The van der Waals surface area contributed by atoms with Crippen molar-refractivity contribution in [3.05, 3.63) is 246 Å². The van der Waals surface area contributed by atoms with Gasteiger partial charge < -0.3 is 4.90 Å². The first-order chi connectivity index (χ1) is 29.0. The van der Waals surface area contributed by atoms with Gasteiger partial charge in [0.15, 0.2) is 0 Å². The standard InChI is InChI=1S/C58H41N/c1-57(2)49-22-12-14-24-55(49)59(56-25-15-13-23-50(56)57)44-29-33-48-47-32-28-43(40-20-10-5-11-21-40)36-53(47)58(54(48)37-44)51-34-41(38-16-6-3-7-17-38)26-30-45(51)46-31-27-42(35-52(46)58)39-18-8-4-9-19-39/h3-37H,1-2H3. The Balaban J connectivity index is 1.19. The first-order valence-electron chi connectivity index (χ1n) is 20.8. The lowest BCUT2D eigenvalue weighted by Gasteiger charge is -2.42. The molecular formula is C58H41N. The van der Waals surface area contributed by atoms with Crippen LogP contribution in [0.5, 0.6) is 0 Å². The third kappa shape index (κ3) is 4.79. The van der Waals surface area contributed by atoms with Gasteiger partial charge in [-0.05, 0) is 131 Å². The van der Waals surface area contributed by atoms with Crippen molar-refractivity contribution in [3.63, 3.8) is 0 Å². The molecule has 2 aliphatic carbocycles. The van der Waals surface area contributed by atoms with Gasteiger partial charge in [-0.25, -0.2) is 0 Å². The fourth-order valence-corrected chi connectivity index (χ4v) is 10.7. The van der Waals surface area contributed by atoms with Crippen LogP contribution in [-0.2, 0) is 10.8 Å². The van der Waals surface area contributed by atoms with Crippen LogP contribution < -0.4 is 4.90 Å². The average Bonchev–Trinajstić information content (AvgIpc) is 3.76. The molecule has 59 heavy (non-hydrogen) atoms. The molecule has 0 aromatic heterocycles. The van der Waals surface area contributed by atoms with E-state index in [1.54, 1.807) is 0 Å². The lowest BCUT2D eigenvalue weighted by molar-refractivity contribution is 0.632.